The van der Waals surface area contributed by atoms with Crippen molar-refractivity contribution in [3.63, 3.8) is 0 Å². The zero-order valence-electron chi connectivity index (χ0n) is 10.3. The maximum atomic E-state index is 2.39. The number of hydrogen-bond donors (Lipinski definition) is 0. The summed E-state index contributed by atoms with van der Waals surface area (Å²) >= 11 is 0. The van der Waals surface area contributed by atoms with E-state index in [1.807, 2.05) is 0 Å². The van der Waals surface area contributed by atoms with E-state index >= 15 is 0 Å². The summed E-state index contributed by atoms with van der Waals surface area (Å²) in [5, 5.41) is 0.518. The molecule has 0 unspecified atom stereocenters. The Labute approximate surface area is 85.6 Å². The normalized spacial score (nSPS) is 11.8. The lowest BCUT2D eigenvalue weighted by atomic mass is 9.31. The van der Waals surface area contributed by atoms with Crippen LogP contribution in [0.1, 0.15) is 60.3 Å². The SMILES string of the molecule is CCCCB(CCCC)C(C)(C)C. The van der Waals surface area contributed by atoms with E-state index in [4.69, 9.17) is 0 Å². The van der Waals surface area contributed by atoms with Crippen molar-refractivity contribution in [2.45, 2.75) is 78.3 Å². The maximum Gasteiger partial charge on any atom is 0.145 e. The highest BCUT2D eigenvalue weighted by Gasteiger charge is 2.26. The number of hydrogen-bond acceptors (Lipinski definition) is 0. The van der Waals surface area contributed by atoms with Gasteiger partial charge in [0.05, 0.1) is 0 Å². The molecule has 0 aliphatic heterocycles. The van der Waals surface area contributed by atoms with Crippen molar-refractivity contribution in [3.05, 3.63) is 0 Å². The molecule has 0 amide bonds. The van der Waals surface area contributed by atoms with E-state index in [0.29, 0.717) is 5.31 Å². The predicted molar refractivity (Wildman–Crippen MR) is 64.9 cm³/mol. The van der Waals surface area contributed by atoms with E-state index in [1.54, 1.807) is 0 Å². The van der Waals surface area contributed by atoms with Crippen LogP contribution in [0.25, 0.3) is 0 Å². The first-order valence-electron chi connectivity index (χ1n) is 6.02. The van der Waals surface area contributed by atoms with Crippen LogP contribution >= 0.6 is 0 Å². The molecule has 0 heterocycles. The summed E-state index contributed by atoms with van der Waals surface area (Å²) in [6.07, 6.45) is 8.37. The van der Waals surface area contributed by atoms with E-state index in [2.05, 4.69) is 34.6 Å². The van der Waals surface area contributed by atoms with Crippen LogP contribution in [-0.4, -0.2) is 6.71 Å². The first kappa shape index (κ1) is 13.1. The van der Waals surface area contributed by atoms with Crippen LogP contribution in [0.15, 0.2) is 0 Å². The molecule has 0 rings (SSSR count). The largest absolute Gasteiger partial charge is 0.145 e. The van der Waals surface area contributed by atoms with Gasteiger partial charge in [-0.15, -0.1) is 0 Å². The van der Waals surface area contributed by atoms with Crippen LogP contribution in [0.3, 0.4) is 0 Å². The standard InChI is InChI=1S/C12H27B/c1-6-8-10-13(11-9-7-2)12(3,4)5/h6-11H2,1-5H3. The summed E-state index contributed by atoms with van der Waals surface area (Å²) in [6.45, 7) is 12.7. The molecule has 0 aliphatic rings. The Balaban J connectivity index is 3.88. The van der Waals surface area contributed by atoms with Gasteiger partial charge in [-0.1, -0.05) is 78.3 Å². The summed E-state index contributed by atoms with van der Waals surface area (Å²) in [4.78, 5) is 0. The average Bonchev–Trinajstić information content (AvgIpc) is 2.02. The Morgan fingerprint density at radius 1 is 0.846 bits per heavy atom. The Kier molecular flexibility index (Phi) is 6.54. The predicted octanol–water partition coefficient (Wildman–Crippen LogP) is 4.88. The highest BCUT2D eigenvalue weighted by Crippen LogP contribution is 2.33. The van der Waals surface area contributed by atoms with Crippen LogP contribution in [0.4, 0.5) is 0 Å². The third-order valence-electron chi connectivity index (χ3n) is 3.04. The smallest absolute Gasteiger partial charge is 0.0737 e. The lowest BCUT2D eigenvalue weighted by Crippen LogP contribution is -2.24. The van der Waals surface area contributed by atoms with Crippen LogP contribution in [0.2, 0.25) is 18.0 Å². The van der Waals surface area contributed by atoms with Gasteiger partial charge in [-0.3, -0.25) is 0 Å². The summed E-state index contributed by atoms with van der Waals surface area (Å²) in [5.41, 5.74) is 0. The van der Waals surface area contributed by atoms with Gasteiger partial charge in [0.2, 0.25) is 0 Å². The summed E-state index contributed by atoms with van der Waals surface area (Å²) in [7, 11) is 0. The zero-order chi connectivity index (χ0) is 10.3. The Hall–Kier alpha value is 0.0649. The van der Waals surface area contributed by atoms with Gasteiger partial charge in [0, 0.05) is 0 Å². The second-order valence-electron chi connectivity index (χ2n) is 5.35. The monoisotopic (exact) mass is 182 g/mol. The zero-order valence-corrected chi connectivity index (χ0v) is 10.3. The molecule has 0 nitrogen and oxygen atoms in total. The fraction of sp³-hybridized carbons (Fsp3) is 1.00. The minimum atomic E-state index is 0.518. The molecule has 0 N–H and O–H groups in total. The molecule has 0 saturated heterocycles. The van der Waals surface area contributed by atoms with Crippen molar-refractivity contribution < 1.29 is 0 Å². The molecule has 0 aromatic heterocycles. The first-order chi connectivity index (χ1) is 6.02. The van der Waals surface area contributed by atoms with Gasteiger partial charge in [-0.2, -0.15) is 0 Å². The minimum Gasteiger partial charge on any atom is -0.0737 e. The van der Waals surface area contributed by atoms with E-state index in [1.165, 1.54) is 38.3 Å². The van der Waals surface area contributed by atoms with Crippen LogP contribution in [-0.2, 0) is 0 Å². The molecule has 0 aromatic rings. The van der Waals surface area contributed by atoms with Gasteiger partial charge >= 0.3 is 0 Å². The topological polar surface area (TPSA) is 0 Å². The van der Waals surface area contributed by atoms with Crippen LogP contribution < -0.4 is 0 Å². The lowest BCUT2D eigenvalue weighted by Gasteiger charge is -2.27. The van der Waals surface area contributed by atoms with E-state index in [-0.39, 0.29) is 0 Å². The molecule has 0 aromatic carbocycles. The fourth-order valence-corrected chi connectivity index (χ4v) is 1.91. The van der Waals surface area contributed by atoms with Crippen LogP contribution in [0.5, 0.6) is 0 Å². The van der Waals surface area contributed by atoms with Crippen molar-refractivity contribution in [3.8, 4) is 0 Å². The van der Waals surface area contributed by atoms with Gasteiger partial charge in [-0.05, 0) is 0 Å². The lowest BCUT2D eigenvalue weighted by molar-refractivity contribution is 0.701. The van der Waals surface area contributed by atoms with E-state index in [0.717, 1.165) is 6.71 Å². The number of rotatable bonds is 6. The second-order valence-corrected chi connectivity index (χ2v) is 5.35. The van der Waals surface area contributed by atoms with Gasteiger partial charge in [0.25, 0.3) is 0 Å². The van der Waals surface area contributed by atoms with Gasteiger partial charge in [0.15, 0.2) is 0 Å². The third kappa shape index (κ3) is 6.18. The molecule has 13 heavy (non-hydrogen) atoms. The molecular formula is C12H27B. The van der Waals surface area contributed by atoms with E-state index in [9.17, 15) is 0 Å². The summed E-state index contributed by atoms with van der Waals surface area (Å²) in [5.74, 6) is 0. The molecule has 0 atom stereocenters. The summed E-state index contributed by atoms with van der Waals surface area (Å²) in [6, 6.07) is 0. The molecule has 0 fully saturated rings. The van der Waals surface area contributed by atoms with Crippen molar-refractivity contribution in [2.24, 2.45) is 0 Å². The van der Waals surface area contributed by atoms with Gasteiger partial charge in [0.1, 0.15) is 6.71 Å². The maximum absolute atomic E-state index is 2.39. The minimum absolute atomic E-state index is 0.518. The van der Waals surface area contributed by atoms with Crippen molar-refractivity contribution in [2.75, 3.05) is 0 Å². The molecule has 0 bridgehead atoms. The summed E-state index contributed by atoms with van der Waals surface area (Å²) < 4.78 is 0. The average molecular weight is 182 g/mol. The first-order valence-corrected chi connectivity index (χ1v) is 6.02. The molecule has 0 aliphatic carbocycles. The van der Waals surface area contributed by atoms with Crippen LogP contribution in [0, 0.1) is 0 Å². The fourth-order valence-electron chi connectivity index (χ4n) is 1.91. The highest BCUT2D eigenvalue weighted by atomic mass is 14.1. The Bertz CT molecular complexity index is 105. The molecule has 0 radical (unpaired) electrons. The number of unbranched alkanes of at least 4 members (excludes halogenated alkanes) is 2. The molecular weight excluding hydrogens is 155 g/mol. The Morgan fingerprint density at radius 2 is 1.23 bits per heavy atom. The third-order valence-corrected chi connectivity index (χ3v) is 3.04. The van der Waals surface area contributed by atoms with Gasteiger partial charge < -0.3 is 0 Å². The van der Waals surface area contributed by atoms with E-state index < -0.39 is 0 Å². The molecule has 78 valence electrons. The van der Waals surface area contributed by atoms with Crippen molar-refractivity contribution in [1.82, 2.24) is 0 Å². The molecule has 1 heteroatoms. The highest BCUT2D eigenvalue weighted by molar-refractivity contribution is 6.62. The van der Waals surface area contributed by atoms with Crippen molar-refractivity contribution >= 4 is 6.71 Å². The van der Waals surface area contributed by atoms with Gasteiger partial charge in [-0.25, -0.2) is 0 Å². The van der Waals surface area contributed by atoms with Crippen molar-refractivity contribution in [1.29, 1.82) is 0 Å². The molecule has 0 saturated carbocycles. The Morgan fingerprint density at radius 3 is 1.46 bits per heavy atom. The molecule has 0 spiro atoms. The quantitative estimate of drug-likeness (QED) is 0.513. The second kappa shape index (κ2) is 6.51.